The number of hydrogen-bond acceptors (Lipinski definition) is 3. The Labute approximate surface area is 178 Å². The normalized spacial score (nSPS) is 12.2. The van der Waals surface area contributed by atoms with Gasteiger partial charge in [-0.1, -0.05) is 67.6 Å². The predicted octanol–water partition coefficient (Wildman–Crippen LogP) is 4.11. The highest BCUT2D eigenvalue weighted by Gasteiger charge is 2.27. The second-order valence-electron chi connectivity index (χ2n) is 7.28. The number of hydrogen-bond donors (Lipinski definition) is 1. The van der Waals surface area contributed by atoms with Gasteiger partial charge in [0.15, 0.2) is 0 Å². The number of carbonyl (C=O) groups is 1. The molecule has 0 aliphatic carbocycles. The van der Waals surface area contributed by atoms with Crippen LogP contribution < -0.4 is 9.62 Å². The molecule has 3 aromatic carbocycles. The summed E-state index contributed by atoms with van der Waals surface area (Å²) in [5, 5.41) is 2.87. The molecule has 3 rings (SSSR count). The van der Waals surface area contributed by atoms with Crippen LogP contribution in [-0.2, 0) is 14.8 Å². The topological polar surface area (TPSA) is 66.5 Å². The van der Waals surface area contributed by atoms with Crippen LogP contribution in [0.15, 0.2) is 89.8 Å². The van der Waals surface area contributed by atoms with E-state index in [1.807, 2.05) is 50.2 Å². The Balaban J connectivity index is 1.80. The molecule has 1 N–H and O–H groups in total. The summed E-state index contributed by atoms with van der Waals surface area (Å²) in [6.07, 6.45) is 0. The Hall–Kier alpha value is -3.12. The van der Waals surface area contributed by atoms with Crippen molar-refractivity contribution < 1.29 is 13.2 Å². The highest BCUT2D eigenvalue weighted by atomic mass is 32.2. The van der Waals surface area contributed by atoms with Gasteiger partial charge in [-0.3, -0.25) is 9.10 Å². The van der Waals surface area contributed by atoms with Gasteiger partial charge in [0.2, 0.25) is 5.91 Å². The van der Waals surface area contributed by atoms with Gasteiger partial charge in [-0.15, -0.1) is 0 Å². The van der Waals surface area contributed by atoms with Gasteiger partial charge in [0.25, 0.3) is 10.0 Å². The van der Waals surface area contributed by atoms with Crippen LogP contribution >= 0.6 is 0 Å². The first-order valence-corrected chi connectivity index (χ1v) is 11.3. The van der Waals surface area contributed by atoms with Crippen LogP contribution in [0.4, 0.5) is 5.69 Å². The molecular weight excluding hydrogens is 396 g/mol. The van der Waals surface area contributed by atoms with Crippen molar-refractivity contribution in [1.82, 2.24) is 5.32 Å². The standard InChI is InChI=1S/C24H26N2O3S/c1-19-10-9-13-22(16-19)26(30(28,29)23-14-7-4-8-15-23)18-24(27)25-17-20(2)21-11-5-3-6-12-21/h3-16,20H,17-18H2,1-2H3,(H,25,27)/t20-/m0/s1. The zero-order chi connectivity index (χ0) is 21.6. The van der Waals surface area contributed by atoms with E-state index in [1.54, 1.807) is 36.4 Å². The largest absolute Gasteiger partial charge is 0.354 e. The Morgan fingerprint density at radius 3 is 2.20 bits per heavy atom. The number of amides is 1. The molecule has 0 saturated heterocycles. The number of aryl methyl sites for hydroxylation is 1. The van der Waals surface area contributed by atoms with E-state index in [-0.39, 0.29) is 23.3 Å². The van der Waals surface area contributed by atoms with E-state index in [0.29, 0.717) is 12.2 Å². The third-order valence-corrected chi connectivity index (χ3v) is 6.67. The lowest BCUT2D eigenvalue weighted by molar-refractivity contribution is -0.119. The van der Waals surface area contributed by atoms with Crippen molar-refractivity contribution in [3.8, 4) is 0 Å². The number of carbonyl (C=O) groups excluding carboxylic acids is 1. The molecule has 5 nitrogen and oxygen atoms in total. The molecular formula is C24H26N2O3S. The summed E-state index contributed by atoms with van der Waals surface area (Å²) in [6, 6.07) is 25.2. The molecule has 1 amide bonds. The molecule has 1 atom stereocenters. The summed E-state index contributed by atoms with van der Waals surface area (Å²) in [4.78, 5) is 12.9. The Kier molecular flexibility index (Phi) is 6.90. The SMILES string of the molecule is Cc1cccc(N(CC(=O)NC[C@H](C)c2ccccc2)S(=O)(=O)c2ccccc2)c1. The highest BCUT2D eigenvalue weighted by molar-refractivity contribution is 7.92. The van der Waals surface area contributed by atoms with Gasteiger partial charge in [0, 0.05) is 6.54 Å². The van der Waals surface area contributed by atoms with Crippen molar-refractivity contribution in [3.63, 3.8) is 0 Å². The lowest BCUT2D eigenvalue weighted by Crippen LogP contribution is -2.41. The molecule has 0 saturated carbocycles. The Morgan fingerprint density at radius 1 is 0.933 bits per heavy atom. The molecule has 0 bridgehead atoms. The number of nitrogens with zero attached hydrogens (tertiary/aromatic N) is 1. The van der Waals surface area contributed by atoms with Gasteiger partial charge < -0.3 is 5.32 Å². The first kappa shape index (κ1) is 21.6. The molecule has 0 heterocycles. The van der Waals surface area contributed by atoms with Crippen LogP contribution in [0.25, 0.3) is 0 Å². The molecule has 0 aromatic heterocycles. The number of nitrogens with one attached hydrogen (secondary N) is 1. The van der Waals surface area contributed by atoms with E-state index in [1.165, 1.54) is 12.1 Å². The van der Waals surface area contributed by atoms with Gasteiger partial charge in [0.1, 0.15) is 6.54 Å². The summed E-state index contributed by atoms with van der Waals surface area (Å²) in [5.41, 5.74) is 2.49. The number of benzene rings is 3. The van der Waals surface area contributed by atoms with Crippen molar-refractivity contribution in [3.05, 3.63) is 96.1 Å². The Morgan fingerprint density at radius 2 is 1.57 bits per heavy atom. The van der Waals surface area contributed by atoms with E-state index < -0.39 is 10.0 Å². The average Bonchev–Trinajstić information content (AvgIpc) is 2.77. The summed E-state index contributed by atoms with van der Waals surface area (Å²) < 4.78 is 27.7. The van der Waals surface area contributed by atoms with Gasteiger partial charge in [-0.25, -0.2) is 8.42 Å². The van der Waals surface area contributed by atoms with Gasteiger partial charge >= 0.3 is 0 Å². The number of rotatable bonds is 8. The zero-order valence-corrected chi connectivity index (χ0v) is 18.0. The maximum atomic E-state index is 13.3. The summed E-state index contributed by atoms with van der Waals surface area (Å²) in [5.74, 6) is -0.230. The molecule has 6 heteroatoms. The quantitative estimate of drug-likeness (QED) is 0.594. The van der Waals surface area contributed by atoms with Crippen molar-refractivity contribution in [1.29, 1.82) is 0 Å². The van der Waals surface area contributed by atoms with E-state index in [0.717, 1.165) is 15.4 Å². The minimum absolute atomic E-state index is 0.119. The first-order valence-electron chi connectivity index (χ1n) is 9.84. The van der Waals surface area contributed by atoms with Crippen molar-refractivity contribution in [2.45, 2.75) is 24.7 Å². The zero-order valence-electron chi connectivity index (χ0n) is 17.2. The average molecular weight is 423 g/mol. The predicted molar refractivity (Wildman–Crippen MR) is 120 cm³/mol. The van der Waals surface area contributed by atoms with Gasteiger partial charge in [-0.05, 0) is 48.2 Å². The molecule has 156 valence electrons. The van der Waals surface area contributed by atoms with Crippen molar-refractivity contribution in [2.75, 3.05) is 17.4 Å². The van der Waals surface area contributed by atoms with E-state index in [2.05, 4.69) is 5.32 Å². The van der Waals surface area contributed by atoms with E-state index in [9.17, 15) is 13.2 Å². The molecule has 0 aliphatic rings. The van der Waals surface area contributed by atoms with Crippen molar-refractivity contribution in [2.24, 2.45) is 0 Å². The monoisotopic (exact) mass is 422 g/mol. The van der Waals surface area contributed by atoms with E-state index in [4.69, 9.17) is 0 Å². The fourth-order valence-corrected chi connectivity index (χ4v) is 4.60. The molecule has 3 aromatic rings. The second-order valence-corrected chi connectivity index (χ2v) is 9.14. The number of anilines is 1. The van der Waals surface area contributed by atoms with Crippen LogP contribution in [-0.4, -0.2) is 27.4 Å². The Bertz CT molecular complexity index is 1080. The van der Waals surface area contributed by atoms with Crippen LogP contribution in [0, 0.1) is 6.92 Å². The van der Waals surface area contributed by atoms with Gasteiger partial charge in [0.05, 0.1) is 10.6 Å². The van der Waals surface area contributed by atoms with Crippen LogP contribution in [0.2, 0.25) is 0 Å². The minimum atomic E-state index is -3.88. The molecule has 0 fully saturated rings. The third-order valence-electron chi connectivity index (χ3n) is 4.88. The van der Waals surface area contributed by atoms with E-state index >= 15 is 0 Å². The van der Waals surface area contributed by atoms with Gasteiger partial charge in [-0.2, -0.15) is 0 Å². The second kappa shape index (κ2) is 9.59. The first-order chi connectivity index (χ1) is 14.4. The maximum Gasteiger partial charge on any atom is 0.264 e. The summed E-state index contributed by atoms with van der Waals surface area (Å²) in [6.45, 7) is 4.05. The lowest BCUT2D eigenvalue weighted by Gasteiger charge is -2.25. The smallest absolute Gasteiger partial charge is 0.264 e. The summed E-state index contributed by atoms with van der Waals surface area (Å²) in [7, 11) is -3.88. The third kappa shape index (κ3) is 5.27. The van der Waals surface area contributed by atoms with Crippen LogP contribution in [0.3, 0.4) is 0 Å². The van der Waals surface area contributed by atoms with Crippen molar-refractivity contribution >= 4 is 21.6 Å². The lowest BCUT2D eigenvalue weighted by atomic mass is 10.0. The molecule has 0 spiro atoms. The minimum Gasteiger partial charge on any atom is -0.354 e. The number of sulfonamides is 1. The molecule has 0 aliphatic heterocycles. The van der Waals surface area contributed by atoms with Crippen LogP contribution in [0.1, 0.15) is 24.0 Å². The summed E-state index contributed by atoms with van der Waals surface area (Å²) >= 11 is 0. The fraction of sp³-hybridized carbons (Fsp3) is 0.208. The molecule has 30 heavy (non-hydrogen) atoms. The highest BCUT2D eigenvalue weighted by Crippen LogP contribution is 2.24. The molecule has 0 unspecified atom stereocenters. The fourth-order valence-electron chi connectivity index (χ4n) is 3.17. The van der Waals surface area contributed by atoms with Crippen LogP contribution in [0.5, 0.6) is 0 Å². The molecule has 0 radical (unpaired) electrons. The maximum absolute atomic E-state index is 13.3.